The number of halogens is 1. The van der Waals surface area contributed by atoms with Crippen LogP contribution in [0.2, 0.25) is 5.15 Å². The Morgan fingerprint density at radius 2 is 2.30 bits per heavy atom. The van der Waals surface area contributed by atoms with E-state index in [1.165, 1.54) is 9.25 Å². The molecule has 0 fully saturated rings. The predicted molar refractivity (Wildman–Crippen MR) is 69.8 cm³/mol. The smallest absolute Gasteiger partial charge is 0.347 e. The van der Waals surface area contributed by atoms with Crippen LogP contribution in [0.25, 0.3) is 0 Å². The Bertz CT molecular complexity index is 719. The van der Waals surface area contributed by atoms with Crippen molar-refractivity contribution in [3.8, 4) is 0 Å². The van der Waals surface area contributed by atoms with Crippen LogP contribution in [0.4, 0.5) is 0 Å². The topological polar surface area (TPSA) is 90.0 Å². The zero-order valence-corrected chi connectivity index (χ0v) is 11.1. The largest absolute Gasteiger partial charge is 0.480 e. The molecule has 104 valence electrons. The first-order chi connectivity index (χ1) is 9.56. The monoisotopic (exact) mass is 294 g/mol. The molecule has 0 radical (unpaired) electrons. The van der Waals surface area contributed by atoms with Gasteiger partial charge < -0.3 is 5.11 Å². The Balaban J connectivity index is 1.93. The van der Waals surface area contributed by atoms with Gasteiger partial charge in [-0.05, 0) is 18.1 Å². The SMILES string of the molecule is O=C(O)C1CCc2nn(Cc3ccc(Cl)nc3)c(=O)n21. The summed E-state index contributed by atoms with van der Waals surface area (Å²) in [4.78, 5) is 27.2. The van der Waals surface area contributed by atoms with Crippen LogP contribution in [0.15, 0.2) is 23.1 Å². The van der Waals surface area contributed by atoms with Gasteiger partial charge in [0.1, 0.15) is 17.0 Å². The number of carboxylic acid groups (broad SMARTS) is 1. The summed E-state index contributed by atoms with van der Waals surface area (Å²) in [5.74, 6) is -0.483. The lowest BCUT2D eigenvalue weighted by Crippen LogP contribution is -2.30. The predicted octanol–water partition coefficient (Wildman–Crippen LogP) is 0.713. The lowest BCUT2D eigenvalue weighted by molar-refractivity contribution is -0.140. The summed E-state index contributed by atoms with van der Waals surface area (Å²) in [5, 5.41) is 13.7. The van der Waals surface area contributed by atoms with E-state index in [0.29, 0.717) is 23.8 Å². The molecule has 0 bridgehead atoms. The highest BCUT2D eigenvalue weighted by Crippen LogP contribution is 2.22. The average molecular weight is 295 g/mol. The van der Waals surface area contributed by atoms with Gasteiger partial charge in [0.15, 0.2) is 0 Å². The standard InChI is InChI=1S/C12H11ClN4O3/c13-9-3-1-7(5-14-9)6-16-12(20)17-8(11(18)19)2-4-10(17)15-16/h1,3,5,8H,2,4,6H2,(H,18,19). The molecule has 1 N–H and O–H groups in total. The molecule has 20 heavy (non-hydrogen) atoms. The number of aliphatic carboxylic acids is 1. The number of nitrogens with zero attached hydrogens (tertiary/aromatic N) is 4. The van der Waals surface area contributed by atoms with Crippen LogP contribution in [0.3, 0.4) is 0 Å². The van der Waals surface area contributed by atoms with Crippen LogP contribution in [-0.2, 0) is 17.8 Å². The van der Waals surface area contributed by atoms with E-state index in [9.17, 15) is 9.59 Å². The molecular weight excluding hydrogens is 284 g/mol. The number of rotatable bonds is 3. The Hall–Kier alpha value is -2.15. The van der Waals surface area contributed by atoms with Gasteiger partial charge in [-0.25, -0.2) is 19.3 Å². The van der Waals surface area contributed by atoms with E-state index in [1.54, 1.807) is 18.3 Å². The summed E-state index contributed by atoms with van der Waals surface area (Å²) in [7, 11) is 0. The van der Waals surface area contributed by atoms with E-state index >= 15 is 0 Å². The molecule has 3 rings (SSSR count). The normalized spacial score (nSPS) is 17.1. The van der Waals surface area contributed by atoms with Crippen molar-refractivity contribution >= 4 is 17.6 Å². The summed E-state index contributed by atoms with van der Waals surface area (Å²) in [6.45, 7) is 0.245. The molecule has 1 atom stereocenters. The lowest BCUT2D eigenvalue weighted by Gasteiger charge is -2.05. The molecule has 1 aliphatic rings. The van der Waals surface area contributed by atoms with Crippen molar-refractivity contribution in [1.29, 1.82) is 0 Å². The van der Waals surface area contributed by atoms with E-state index in [4.69, 9.17) is 16.7 Å². The molecule has 1 unspecified atom stereocenters. The van der Waals surface area contributed by atoms with Crippen molar-refractivity contribution in [1.82, 2.24) is 19.3 Å². The van der Waals surface area contributed by atoms with Gasteiger partial charge in [0, 0.05) is 12.6 Å². The summed E-state index contributed by atoms with van der Waals surface area (Å²) in [6, 6.07) is 2.57. The fourth-order valence-corrected chi connectivity index (χ4v) is 2.47. The highest BCUT2D eigenvalue weighted by molar-refractivity contribution is 6.29. The van der Waals surface area contributed by atoms with E-state index in [2.05, 4.69) is 10.1 Å². The molecule has 0 aromatic carbocycles. The highest BCUT2D eigenvalue weighted by atomic mass is 35.5. The maximum Gasteiger partial charge on any atom is 0.347 e. The van der Waals surface area contributed by atoms with Gasteiger partial charge in [0.05, 0.1) is 6.54 Å². The molecule has 3 heterocycles. The Morgan fingerprint density at radius 1 is 1.50 bits per heavy atom. The molecule has 0 spiro atoms. The number of fused-ring (bicyclic) bond motifs is 1. The molecule has 8 heteroatoms. The minimum absolute atomic E-state index is 0.245. The first-order valence-corrected chi connectivity index (χ1v) is 6.45. The molecule has 0 amide bonds. The summed E-state index contributed by atoms with van der Waals surface area (Å²) >= 11 is 5.70. The number of carbonyl (C=O) groups is 1. The summed E-state index contributed by atoms with van der Waals surface area (Å²) in [6.07, 6.45) is 2.47. The van der Waals surface area contributed by atoms with Crippen molar-refractivity contribution in [2.45, 2.75) is 25.4 Å². The Labute approximate surface area is 118 Å². The number of carboxylic acids is 1. The van der Waals surface area contributed by atoms with Crippen molar-refractivity contribution in [3.05, 3.63) is 45.4 Å². The minimum Gasteiger partial charge on any atom is -0.480 e. The van der Waals surface area contributed by atoms with Gasteiger partial charge in [-0.2, -0.15) is 5.10 Å². The molecule has 0 saturated heterocycles. The van der Waals surface area contributed by atoms with Crippen molar-refractivity contribution in [2.24, 2.45) is 0 Å². The maximum absolute atomic E-state index is 12.2. The third-order valence-electron chi connectivity index (χ3n) is 3.30. The second-order valence-electron chi connectivity index (χ2n) is 4.61. The van der Waals surface area contributed by atoms with Gasteiger partial charge in [0.2, 0.25) is 0 Å². The lowest BCUT2D eigenvalue weighted by atomic mass is 10.2. The molecular formula is C12H11ClN4O3. The summed E-state index contributed by atoms with van der Waals surface area (Å²) < 4.78 is 2.51. The van der Waals surface area contributed by atoms with E-state index in [1.807, 2.05) is 0 Å². The van der Waals surface area contributed by atoms with Crippen molar-refractivity contribution in [2.75, 3.05) is 0 Å². The van der Waals surface area contributed by atoms with Crippen LogP contribution in [-0.4, -0.2) is 30.4 Å². The fraction of sp³-hybridized carbons (Fsp3) is 0.333. The third-order valence-corrected chi connectivity index (χ3v) is 3.52. The van der Waals surface area contributed by atoms with Gasteiger partial charge in [0.25, 0.3) is 0 Å². The van der Waals surface area contributed by atoms with Crippen LogP contribution >= 0.6 is 11.6 Å². The Kier molecular flexibility index (Phi) is 3.06. The highest BCUT2D eigenvalue weighted by Gasteiger charge is 2.32. The zero-order valence-electron chi connectivity index (χ0n) is 10.4. The van der Waals surface area contributed by atoms with Gasteiger partial charge in [-0.15, -0.1) is 0 Å². The van der Waals surface area contributed by atoms with Crippen molar-refractivity contribution in [3.63, 3.8) is 0 Å². The van der Waals surface area contributed by atoms with Crippen LogP contribution in [0.1, 0.15) is 23.9 Å². The zero-order chi connectivity index (χ0) is 14.3. The quantitative estimate of drug-likeness (QED) is 0.842. The number of hydrogen-bond donors (Lipinski definition) is 1. The number of aryl methyl sites for hydroxylation is 1. The molecule has 7 nitrogen and oxygen atoms in total. The van der Waals surface area contributed by atoms with E-state index in [-0.39, 0.29) is 6.54 Å². The Morgan fingerprint density at radius 3 is 2.95 bits per heavy atom. The molecule has 0 saturated carbocycles. The number of pyridine rings is 1. The maximum atomic E-state index is 12.2. The van der Waals surface area contributed by atoms with Crippen molar-refractivity contribution < 1.29 is 9.90 Å². The van der Waals surface area contributed by atoms with Gasteiger partial charge in [-0.3, -0.25) is 4.57 Å². The third kappa shape index (κ3) is 2.09. The molecule has 0 aliphatic carbocycles. The van der Waals surface area contributed by atoms with Crippen LogP contribution < -0.4 is 5.69 Å². The number of hydrogen-bond acceptors (Lipinski definition) is 4. The van der Waals surface area contributed by atoms with E-state index < -0.39 is 17.7 Å². The summed E-state index contributed by atoms with van der Waals surface area (Å²) in [5.41, 5.74) is 0.375. The van der Waals surface area contributed by atoms with Crippen LogP contribution in [0.5, 0.6) is 0 Å². The first kappa shape index (κ1) is 12.9. The van der Waals surface area contributed by atoms with Gasteiger partial charge >= 0.3 is 11.7 Å². The molecule has 1 aliphatic heterocycles. The minimum atomic E-state index is -1.00. The molecule has 2 aromatic rings. The second-order valence-corrected chi connectivity index (χ2v) is 5.00. The first-order valence-electron chi connectivity index (χ1n) is 6.07. The molecule has 2 aromatic heterocycles. The average Bonchev–Trinajstić information content (AvgIpc) is 2.94. The van der Waals surface area contributed by atoms with E-state index in [0.717, 1.165) is 5.56 Å². The number of aromatic nitrogens is 4. The van der Waals surface area contributed by atoms with Gasteiger partial charge in [-0.1, -0.05) is 17.7 Å². The van der Waals surface area contributed by atoms with Crippen LogP contribution in [0, 0.1) is 0 Å². The fourth-order valence-electron chi connectivity index (χ4n) is 2.35. The second kappa shape index (κ2) is 4.75.